The second-order valence-corrected chi connectivity index (χ2v) is 7.21. The third-order valence-electron chi connectivity index (χ3n) is 4.49. The standard InChI is InChI=1S/C20H19N3O4S/c1-26-15-7-8-16-17(11-15)23(12-14-5-3-2-4-6-14)19(21-16)28-13-18(24)22-9-10-27-20(22)25/h2-8,11H,9-10,12-13H2,1H3. The molecular weight excluding hydrogens is 378 g/mol. The fourth-order valence-corrected chi connectivity index (χ4v) is 3.95. The summed E-state index contributed by atoms with van der Waals surface area (Å²) in [6.07, 6.45) is -0.576. The van der Waals surface area contributed by atoms with Gasteiger partial charge in [0.25, 0.3) is 0 Å². The summed E-state index contributed by atoms with van der Waals surface area (Å²) in [7, 11) is 1.63. The van der Waals surface area contributed by atoms with Crippen molar-refractivity contribution in [3.05, 3.63) is 54.1 Å². The summed E-state index contributed by atoms with van der Waals surface area (Å²) in [5, 5.41) is 0.716. The van der Waals surface area contributed by atoms with Crippen LogP contribution in [-0.2, 0) is 16.1 Å². The summed E-state index contributed by atoms with van der Waals surface area (Å²) in [5.41, 5.74) is 2.88. The van der Waals surface area contributed by atoms with E-state index in [2.05, 4.69) is 9.55 Å². The van der Waals surface area contributed by atoms with E-state index < -0.39 is 6.09 Å². The van der Waals surface area contributed by atoms with Gasteiger partial charge in [-0.2, -0.15) is 0 Å². The Kier molecular flexibility index (Phi) is 5.21. The number of imidazole rings is 1. The fraction of sp³-hybridized carbons (Fsp3) is 0.250. The highest BCUT2D eigenvalue weighted by molar-refractivity contribution is 7.99. The molecule has 0 unspecified atom stereocenters. The molecule has 1 fully saturated rings. The van der Waals surface area contributed by atoms with Crippen molar-refractivity contribution in [2.75, 3.05) is 26.0 Å². The van der Waals surface area contributed by atoms with Crippen molar-refractivity contribution in [1.82, 2.24) is 14.5 Å². The summed E-state index contributed by atoms with van der Waals surface area (Å²) in [6.45, 7) is 1.17. The number of carbonyl (C=O) groups excluding carboxylic acids is 2. The molecule has 1 aliphatic heterocycles. The van der Waals surface area contributed by atoms with Crippen LogP contribution in [0.25, 0.3) is 11.0 Å². The average Bonchev–Trinajstić information content (AvgIpc) is 3.30. The van der Waals surface area contributed by atoms with Crippen LogP contribution in [0.3, 0.4) is 0 Å². The number of ether oxygens (including phenoxy) is 2. The lowest BCUT2D eigenvalue weighted by atomic mass is 10.2. The number of benzene rings is 2. The molecule has 3 aromatic rings. The first-order valence-electron chi connectivity index (χ1n) is 8.84. The van der Waals surface area contributed by atoms with Crippen LogP contribution in [0.5, 0.6) is 5.75 Å². The van der Waals surface area contributed by atoms with Gasteiger partial charge in [0, 0.05) is 6.07 Å². The number of rotatable bonds is 6. The van der Waals surface area contributed by atoms with Gasteiger partial charge >= 0.3 is 6.09 Å². The van der Waals surface area contributed by atoms with E-state index in [0.29, 0.717) is 18.2 Å². The maximum atomic E-state index is 12.4. The van der Waals surface area contributed by atoms with Gasteiger partial charge in [-0.05, 0) is 17.7 Å². The molecule has 0 N–H and O–H groups in total. The summed E-state index contributed by atoms with van der Waals surface area (Å²) in [5.74, 6) is 0.585. The number of amides is 2. The summed E-state index contributed by atoms with van der Waals surface area (Å²) < 4.78 is 12.3. The van der Waals surface area contributed by atoms with Gasteiger partial charge in [0.15, 0.2) is 5.16 Å². The molecule has 4 rings (SSSR count). The van der Waals surface area contributed by atoms with Gasteiger partial charge < -0.3 is 14.0 Å². The van der Waals surface area contributed by atoms with E-state index >= 15 is 0 Å². The number of hydrogen-bond donors (Lipinski definition) is 0. The highest BCUT2D eigenvalue weighted by atomic mass is 32.2. The largest absolute Gasteiger partial charge is 0.497 e. The van der Waals surface area contributed by atoms with Crippen LogP contribution in [-0.4, -0.2) is 52.5 Å². The Balaban J connectivity index is 1.63. The van der Waals surface area contributed by atoms with Crippen LogP contribution in [0.15, 0.2) is 53.7 Å². The molecule has 144 valence electrons. The van der Waals surface area contributed by atoms with Crippen molar-refractivity contribution in [2.24, 2.45) is 0 Å². The van der Waals surface area contributed by atoms with Gasteiger partial charge in [-0.3, -0.25) is 4.79 Å². The first-order valence-corrected chi connectivity index (χ1v) is 9.82. The molecule has 1 aromatic heterocycles. The van der Waals surface area contributed by atoms with Crippen LogP contribution >= 0.6 is 11.8 Å². The predicted molar refractivity (Wildman–Crippen MR) is 106 cm³/mol. The van der Waals surface area contributed by atoms with E-state index in [1.807, 2.05) is 48.5 Å². The van der Waals surface area contributed by atoms with Crippen molar-refractivity contribution in [3.8, 4) is 5.75 Å². The molecule has 7 nitrogen and oxygen atoms in total. The van der Waals surface area contributed by atoms with Crippen molar-refractivity contribution >= 4 is 34.8 Å². The molecule has 8 heteroatoms. The zero-order chi connectivity index (χ0) is 19.5. The summed E-state index contributed by atoms with van der Waals surface area (Å²) in [4.78, 5) is 29.8. The van der Waals surface area contributed by atoms with E-state index in [-0.39, 0.29) is 18.3 Å². The highest BCUT2D eigenvalue weighted by Gasteiger charge is 2.28. The Morgan fingerprint density at radius 2 is 2.07 bits per heavy atom. The number of imide groups is 1. The number of nitrogens with zero attached hydrogens (tertiary/aromatic N) is 3. The summed E-state index contributed by atoms with van der Waals surface area (Å²) in [6, 6.07) is 15.8. The number of methoxy groups -OCH3 is 1. The van der Waals surface area contributed by atoms with Gasteiger partial charge in [-0.1, -0.05) is 42.1 Å². The smallest absolute Gasteiger partial charge is 0.416 e. The molecule has 2 heterocycles. The molecule has 0 spiro atoms. The minimum absolute atomic E-state index is 0.115. The van der Waals surface area contributed by atoms with Crippen LogP contribution in [0, 0.1) is 0 Å². The third-order valence-corrected chi connectivity index (χ3v) is 5.45. The van der Waals surface area contributed by atoms with Gasteiger partial charge in [0.2, 0.25) is 5.91 Å². The molecular formula is C20H19N3O4S. The minimum Gasteiger partial charge on any atom is -0.497 e. The van der Waals surface area contributed by atoms with Crippen LogP contribution in [0.1, 0.15) is 5.56 Å². The quantitative estimate of drug-likeness (QED) is 0.595. The molecule has 2 aromatic carbocycles. The highest BCUT2D eigenvalue weighted by Crippen LogP contribution is 2.28. The number of aromatic nitrogens is 2. The van der Waals surface area contributed by atoms with Crippen molar-refractivity contribution in [2.45, 2.75) is 11.7 Å². The molecule has 28 heavy (non-hydrogen) atoms. The van der Waals surface area contributed by atoms with Crippen LogP contribution < -0.4 is 4.74 Å². The van der Waals surface area contributed by atoms with Gasteiger partial charge in [-0.15, -0.1) is 0 Å². The molecule has 0 atom stereocenters. The molecule has 0 saturated carbocycles. The normalized spacial score (nSPS) is 13.8. The average molecular weight is 397 g/mol. The van der Waals surface area contributed by atoms with E-state index in [9.17, 15) is 9.59 Å². The Hall–Kier alpha value is -3.00. The van der Waals surface area contributed by atoms with Crippen molar-refractivity contribution in [3.63, 3.8) is 0 Å². The van der Waals surface area contributed by atoms with E-state index in [1.54, 1.807) is 7.11 Å². The van der Waals surface area contributed by atoms with E-state index in [4.69, 9.17) is 9.47 Å². The molecule has 0 radical (unpaired) electrons. The molecule has 0 aliphatic carbocycles. The number of carbonyl (C=O) groups is 2. The third kappa shape index (κ3) is 3.68. The molecule has 1 saturated heterocycles. The first-order chi connectivity index (χ1) is 13.7. The van der Waals surface area contributed by atoms with Crippen molar-refractivity contribution < 1.29 is 19.1 Å². The van der Waals surface area contributed by atoms with Crippen LogP contribution in [0.4, 0.5) is 4.79 Å². The SMILES string of the molecule is COc1ccc2nc(SCC(=O)N3CCOC3=O)n(Cc3ccccc3)c2c1. The Morgan fingerprint density at radius 1 is 1.25 bits per heavy atom. The lowest BCUT2D eigenvalue weighted by Gasteiger charge is -2.12. The Labute approximate surface area is 166 Å². The van der Waals surface area contributed by atoms with Gasteiger partial charge in [-0.25, -0.2) is 14.7 Å². The predicted octanol–water partition coefficient (Wildman–Crippen LogP) is 3.16. The van der Waals surface area contributed by atoms with E-state index in [0.717, 1.165) is 27.2 Å². The number of cyclic esters (lactones) is 1. The monoisotopic (exact) mass is 397 g/mol. The summed E-state index contributed by atoms with van der Waals surface area (Å²) >= 11 is 1.31. The first kappa shape index (κ1) is 18.4. The number of fused-ring (bicyclic) bond motifs is 1. The maximum Gasteiger partial charge on any atom is 0.416 e. The Bertz CT molecular complexity index is 1020. The Morgan fingerprint density at radius 3 is 2.79 bits per heavy atom. The number of hydrogen-bond acceptors (Lipinski definition) is 6. The fourth-order valence-electron chi connectivity index (χ4n) is 3.06. The molecule has 1 aliphatic rings. The lowest BCUT2D eigenvalue weighted by Crippen LogP contribution is -2.33. The van der Waals surface area contributed by atoms with Crippen LogP contribution in [0.2, 0.25) is 0 Å². The zero-order valence-electron chi connectivity index (χ0n) is 15.3. The topological polar surface area (TPSA) is 73.7 Å². The second kappa shape index (κ2) is 7.93. The number of thioether (sulfide) groups is 1. The molecule has 0 bridgehead atoms. The van der Waals surface area contributed by atoms with E-state index in [1.165, 1.54) is 11.8 Å². The minimum atomic E-state index is -0.576. The zero-order valence-corrected chi connectivity index (χ0v) is 16.1. The lowest BCUT2D eigenvalue weighted by molar-refractivity contribution is -0.125. The van der Waals surface area contributed by atoms with Gasteiger partial charge in [0.05, 0.1) is 37.0 Å². The van der Waals surface area contributed by atoms with Crippen molar-refractivity contribution in [1.29, 1.82) is 0 Å². The maximum absolute atomic E-state index is 12.4. The molecule has 2 amide bonds. The van der Waals surface area contributed by atoms with Gasteiger partial charge in [0.1, 0.15) is 12.4 Å². The second-order valence-electron chi connectivity index (χ2n) is 6.27.